The average molecular weight is 208 g/mol. The number of hydrogen-bond acceptors (Lipinski definition) is 2. The minimum Gasteiger partial charge on any atom is -0.369 e. The maximum atomic E-state index is 4.02. The summed E-state index contributed by atoms with van der Waals surface area (Å²) in [5, 5.41) is 3.61. The lowest BCUT2D eigenvalue weighted by Crippen LogP contribution is -2.48. The van der Waals surface area contributed by atoms with Gasteiger partial charge in [0.25, 0.3) is 0 Å². The highest BCUT2D eigenvalue weighted by atomic mass is 15.2. The van der Waals surface area contributed by atoms with Gasteiger partial charge in [-0.15, -0.1) is 0 Å². The van der Waals surface area contributed by atoms with E-state index >= 15 is 0 Å². The van der Waals surface area contributed by atoms with E-state index in [1.807, 2.05) is 6.08 Å². The van der Waals surface area contributed by atoms with E-state index in [1.165, 1.54) is 12.8 Å². The summed E-state index contributed by atoms with van der Waals surface area (Å²) in [7, 11) is 0. The molecule has 0 aromatic carbocycles. The number of rotatable bonds is 4. The molecule has 0 bridgehead atoms. The molecule has 1 rings (SSSR count). The van der Waals surface area contributed by atoms with Gasteiger partial charge in [0.1, 0.15) is 0 Å². The lowest BCUT2D eigenvalue weighted by atomic mass is 9.97. The Hall–Kier alpha value is -0.760. The Bertz CT molecular complexity index is 233. The fourth-order valence-electron chi connectivity index (χ4n) is 2.34. The molecule has 1 N–H and O–H groups in total. The van der Waals surface area contributed by atoms with Crippen molar-refractivity contribution in [3.05, 3.63) is 24.9 Å². The van der Waals surface area contributed by atoms with Crippen molar-refractivity contribution in [1.82, 2.24) is 10.2 Å². The van der Waals surface area contributed by atoms with Crippen LogP contribution < -0.4 is 5.32 Å². The molecule has 15 heavy (non-hydrogen) atoms. The van der Waals surface area contributed by atoms with Gasteiger partial charge in [0.15, 0.2) is 0 Å². The third kappa shape index (κ3) is 3.38. The molecule has 2 heteroatoms. The van der Waals surface area contributed by atoms with E-state index in [0.717, 1.165) is 12.2 Å². The molecule has 1 heterocycles. The normalized spacial score (nSPS) is 26.8. The van der Waals surface area contributed by atoms with Crippen LogP contribution in [0.4, 0.5) is 0 Å². The second kappa shape index (κ2) is 5.36. The molecular formula is C13H24N2. The Morgan fingerprint density at radius 3 is 2.67 bits per heavy atom. The number of likely N-dealkylation sites (tertiary alicyclic amines) is 1. The second-order valence-electron chi connectivity index (χ2n) is 4.78. The summed E-state index contributed by atoms with van der Waals surface area (Å²) in [4.78, 5) is 2.35. The number of hydrogen-bond donors (Lipinski definition) is 1. The first kappa shape index (κ1) is 12.3. The van der Waals surface area contributed by atoms with Crippen molar-refractivity contribution in [2.24, 2.45) is 0 Å². The van der Waals surface area contributed by atoms with Crippen molar-refractivity contribution >= 4 is 0 Å². The molecule has 0 amide bonds. The van der Waals surface area contributed by atoms with Gasteiger partial charge in [0.2, 0.25) is 0 Å². The molecule has 0 aromatic heterocycles. The van der Waals surface area contributed by atoms with Crippen molar-refractivity contribution in [2.45, 2.75) is 51.7 Å². The van der Waals surface area contributed by atoms with Crippen LogP contribution in [-0.4, -0.2) is 29.6 Å². The third-order valence-electron chi connectivity index (χ3n) is 3.05. The molecule has 2 atom stereocenters. The Balaban J connectivity index is 2.47. The van der Waals surface area contributed by atoms with E-state index in [2.05, 4.69) is 44.1 Å². The van der Waals surface area contributed by atoms with Crippen LogP contribution in [0.2, 0.25) is 0 Å². The number of nitrogens with zero attached hydrogens (tertiary/aromatic N) is 1. The Morgan fingerprint density at radius 1 is 1.53 bits per heavy atom. The highest BCUT2D eigenvalue weighted by Crippen LogP contribution is 2.21. The fourth-order valence-corrected chi connectivity index (χ4v) is 2.34. The lowest BCUT2D eigenvalue weighted by Gasteiger charge is -2.40. The molecule has 2 nitrogen and oxygen atoms in total. The van der Waals surface area contributed by atoms with Gasteiger partial charge in [-0.2, -0.15) is 0 Å². The van der Waals surface area contributed by atoms with Crippen molar-refractivity contribution < 1.29 is 0 Å². The van der Waals surface area contributed by atoms with Gasteiger partial charge in [0, 0.05) is 30.4 Å². The number of nitrogens with one attached hydrogen (secondary N) is 1. The summed E-state index contributed by atoms with van der Waals surface area (Å²) in [5.41, 5.74) is 1.06. The summed E-state index contributed by atoms with van der Waals surface area (Å²) in [6, 6.07) is 1.81. The smallest absolute Gasteiger partial charge is 0.0289 e. The molecule has 0 spiro atoms. The predicted octanol–water partition coefficient (Wildman–Crippen LogP) is 2.54. The van der Waals surface area contributed by atoms with Gasteiger partial charge in [-0.3, -0.25) is 0 Å². The van der Waals surface area contributed by atoms with Gasteiger partial charge in [0.05, 0.1) is 0 Å². The Labute approximate surface area is 94.0 Å². The summed E-state index contributed by atoms with van der Waals surface area (Å²) >= 11 is 0. The summed E-state index contributed by atoms with van der Waals surface area (Å²) in [6.07, 6.45) is 4.26. The number of piperidine rings is 1. The van der Waals surface area contributed by atoms with E-state index in [4.69, 9.17) is 0 Å². The van der Waals surface area contributed by atoms with Crippen molar-refractivity contribution in [1.29, 1.82) is 0 Å². The Kier molecular flexibility index (Phi) is 4.40. The fraction of sp³-hybridized carbons (Fsp3) is 0.692. The molecule has 1 saturated heterocycles. The molecule has 1 aliphatic heterocycles. The maximum absolute atomic E-state index is 4.02. The van der Waals surface area contributed by atoms with Gasteiger partial charge in [-0.05, 0) is 25.8 Å². The predicted molar refractivity (Wildman–Crippen MR) is 66.8 cm³/mol. The summed E-state index contributed by atoms with van der Waals surface area (Å²) in [5.74, 6) is 0. The number of allylic oxidation sites excluding steroid dienone is 1. The first-order valence-corrected chi connectivity index (χ1v) is 5.88. The van der Waals surface area contributed by atoms with Crippen LogP contribution >= 0.6 is 0 Å². The van der Waals surface area contributed by atoms with E-state index in [1.54, 1.807) is 0 Å². The van der Waals surface area contributed by atoms with E-state index in [-0.39, 0.29) is 0 Å². The topological polar surface area (TPSA) is 15.3 Å². The van der Waals surface area contributed by atoms with Gasteiger partial charge >= 0.3 is 0 Å². The summed E-state index contributed by atoms with van der Waals surface area (Å²) in [6.45, 7) is 15.6. The molecular weight excluding hydrogens is 184 g/mol. The van der Waals surface area contributed by atoms with Crippen LogP contribution in [0.3, 0.4) is 0 Å². The minimum atomic E-state index is 0.570. The zero-order valence-electron chi connectivity index (χ0n) is 10.3. The molecule has 1 aliphatic rings. The van der Waals surface area contributed by atoms with E-state index in [0.29, 0.717) is 18.1 Å². The van der Waals surface area contributed by atoms with Crippen molar-refractivity contribution in [2.75, 3.05) is 6.54 Å². The molecule has 1 fully saturated rings. The minimum absolute atomic E-state index is 0.570. The van der Waals surface area contributed by atoms with Crippen LogP contribution in [0.15, 0.2) is 24.9 Å². The highest BCUT2D eigenvalue weighted by Gasteiger charge is 2.25. The first-order valence-electron chi connectivity index (χ1n) is 5.88. The highest BCUT2D eigenvalue weighted by molar-refractivity contribution is 5.12. The lowest BCUT2D eigenvalue weighted by molar-refractivity contribution is 0.177. The Morgan fingerprint density at radius 2 is 2.20 bits per heavy atom. The van der Waals surface area contributed by atoms with Crippen LogP contribution in [0.25, 0.3) is 0 Å². The average Bonchev–Trinajstić information content (AvgIpc) is 2.16. The standard InChI is InChI=1S/C13H24N2/c1-6-11(4)15-8-7-13(9-12(15)5)14-10(2)3/h6,10,12-14H,1,4,7-9H2,2-3,5H3. The molecule has 2 unspecified atom stereocenters. The van der Waals surface area contributed by atoms with Crippen LogP contribution in [-0.2, 0) is 0 Å². The first-order chi connectivity index (χ1) is 7.04. The van der Waals surface area contributed by atoms with E-state index < -0.39 is 0 Å². The molecule has 0 aliphatic carbocycles. The zero-order valence-corrected chi connectivity index (χ0v) is 10.3. The molecule has 0 aromatic rings. The van der Waals surface area contributed by atoms with Crippen LogP contribution in [0.5, 0.6) is 0 Å². The molecule has 0 radical (unpaired) electrons. The van der Waals surface area contributed by atoms with Gasteiger partial charge in [-0.25, -0.2) is 0 Å². The van der Waals surface area contributed by atoms with Crippen LogP contribution in [0.1, 0.15) is 33.6 Å². The maximum Gasteiger partial charge on any atom is 0.0289 e. The van der Waals surface area contributed by atoms with Crippen molar-refractivity contribution in [3.8, 4) is 0 Å². The quantitative estimate of drug-likeness (QED) is 0.714. The van der Waals surface area contributed by atoms with Gasteiger partial charge < -0.3 is 10.2 Å². The zero-order chi connectivity index (χ0) is 11.4. The monoisotopic (exact) mass is 208 g/mol. The largest absolute Gasteiger partial charge is 0.369 e. The molecule has 0 saturated carbocycles. The van der Waals surface area contributed by atoms with Crippen LogP contribution in [0, 0.1) is 0 Å². The van der Waals surface area contributed by atoms with E-state index in [9.17, 15) is 0 Å². The third-order valence-corrected chi connectivity index (χ3v) is 3.05. The van der Waals surface area contributed by atoms with Gasteiger partial charge in [-0.1, -0.05) is 27.0 Å². The summed E-state index contributed by atoms with van der Waals surface area (Å²) < 4.78 is 0. The SMILES string of the molecule is C=CC(=C)N1CCC(NC(C)C)CC1C. The van der Waals surface area contributed by atoms with Crippen molar-refractivity contribution in [3.63, 3.8) is 0 Å². The second-order valence-corrected chi connectivity index (χ2v) is 4.78. The molecule has 86 valence electrons.